The molecule has 1 N–H and O–H groups in total. The Labute approximate surface area is 159 Å². The summed E-state index contributed by atoms with van der Waals surface area (Å²) in [5, 5.41) is 2.77. The number of thioether (sulfide) groups is 1. The number of aryl methyl sites for hydroxylation is 1. The first-order valence-corrected chi connectivity index (χ1v) is 10.9. The third kappa shape index (κ3) is 5.86. The molecule has 1 amide bonds. The highest BCUT2D eigenvalue weighted by Gasteiger charge is 2.22. The molecule has 2 aromatic rings. The van der Waals surface area contributed by atoms with Crippen molar-refractivity contribution in [2.24, 2.45) is 0 Å². The van der Waals surface area contributed by atoms with Gasteiger partial charge in [-0.1, -0.05) is 42.5 Å². The van der Waals surface area contributed by atoms with Gasteiger partial charge in [-0.25, -0.2) is 8.42 Å². The fourth-order valence-electron chi connectivity index (χ4n) is 2.33. The molecule has 0 heterocycles. The van der Waals surface area contributed by atoms with Gasteiger partial charge in [-0.05, 0) is 30.2 Å². The monoisotopic (exact) mass is 392 g/mol. The predicted molar refractivity (Wildman–Crippen MR) is 107 cm³/mol. The van der Waals surface area contributed by atoms with Gasteiger partial charge in [0.2, 0.25) is 15.9 Å². The van der Waals surface area contributed by atoms with Gasteiger partial charge in [0.05, 0.1) is 11.4 Å². The molecule has 0 aliphatic carbocycles. The Morgan fingerprint density at radius 3 is 2.42 bits per heavy atom. The summed E-state index contributed by atoms with van der Waals surface area (Å²) in [5.41, 5.74) is 2.55. The van der Waals surface area contributed by atoms with Gasteiger partial charge in [-0.15, -0.1) is 0 Å². The van der Waals surface area contributed by atoms with Gasteiger partial charge in [0.15, 0.2) is 0 Å². The SMILES string of the molecule is Cc1ccccc1CSCCNC(=O)CN(C)S(=O)(=O)c1ccccc1. The van der Waals surface area contributed by atoms with Gasteiger partial charge in [-0.2, -0.15) is 16.1 Å². The molecule has 7 heteroatoms. The number of hydrogen-bond donors (Lipinski definition) is 1. The topological polar surface area (TPSA) is 66.5 Å². The van der Waals surface area contributed by atoms with E-state index in [2.05, 4.69) is 24.4 Å². The largest absolute Gasteiger partial charge is 0.354 e. The molecule has 0 radical (unpaired) electrons. The van der Waals surface area contributed by atoms with Crippen molar-refractivity contribution in [3.8, 4) is 0 Å². The van der Waals surface area contributed by atoms with Crippen LogP contribution in [-0.4, -0.2) is 44.5 Å². The van der Waals surface area contributed by atoms with Gasteiger partial charge in [0, 0.05) is 25.1 Å². The van der Waals surface area contributed by atoms with E-state index in [4.69, 9.17) is 0 Å². The van der Waals surface area contributed by atoms with Crippen molar-refractivity contribution in [1.82, 2.24) is 9.62 Å². The van der Waals surface area contributed by atoms with E-state index in [0.29, 0.717) is 6.54 Å². The minimum absolute atomic E-state index is 0.184. The van der Waals surface area contributed by atoms with Crippen molar-refractivity contribution >= 4 is 27.7 Å². The zero-order chi connectivity index (χ0) is 19.0. The molecule has 140 valence electrons. The molecule has 0 fully saturated rings. The van der Waals surface area contributed by atoms with Crippen molar-refractivity contribution in [3.05, 3.63) is 65.7 Å². The Bertz CT molecular complexity index is 824. The molecule has 0 saturated heterocycles. The molecule has 5 nitrogen and oxygen atoms in total. The molecular weight excluding hydrogens is 368 g/mol. The Morgan fingerprint density at radius 1 is 1.08 bits per heavy atom. The van der Waals surface area contributed by atoms with Crippen LogP contribution in [-0.2, 0) is 20.6 Å². The number of benzene rings is 2. The number of hydrogen-bond acceptors (Lipinski definition) is 4. The van der Waals surface area contributed by atoms with E-state index in [1.807, 2.05) is 12.1 Å². The highest BCUT2D eigenvalue weighted by molar-refractivity contribution is 7.98. The van der Waals surface area contributed by atoms with Crippen LogP contribution in [0.1, 0.15) is 11.1 Å². The van der Waals surface area contributed by atoms with Gasteiger partial charge >= 0.3 is 0 Å². The van der Waals surface area contributed by atoms with Crippen LogP contribution in [0, 0.1) is 6.92 Å². The molecule has 0 spiro atoms. The number of carbonyl (C=O) groups excluding carboxylic acids is 1. The molecule has 0 aliphatic rings. The van der Waals surface area contributed by atoms with Gasteiger partial charge in [0.25, 0.3) is 0 Å². The smallest absolute Gasteiger partial charge is 0.243 e. The van der Waals surface area contributed by atoms with Crippen LogP contribution < -0.4 is 5.32 Å². The van der Waals surface area contributed by atoms with Crippen LogP contribution in [0.15, 0.2) is 59.5 Å². The summed E-state index contributed by atoms with van der Waals surface area (Å²) in [6, 6.07) is 16.3. The van der Waals surface area contributed by atoms with Crippen LogP contribution in [0.3, 0.4) is 0 Å². The van der Waals surface area contributed by atoms with Crippen LogP contribution in [0.4, 0.5) is 0 Å². The first kappa shape index (κ1) is 20.5. The molecule has 0 bridgehead atoms. The van der Waals surface area contributed by atoms with Crippen molar-refractivity contribution < 1.29 is 13.2 Å². The molecule has 2 aromatic carbocycles. The number of nitrogens with zero attached hydrogens (tertiary/aromatic N) is 1. The normalized spacial score (nSPS) is 11.5. The number of likely N-dealkylation sites (N-methyl/N-ethyl adjacent to an activating group) is 1. The summed E-state index contributed by atoms with van der Waals surface area (Å²) in [6.07, 6.45) is 0. The first-order chi connectivity index (χ1) is 12.4. The molecular formula is C19H24N2O3S2. The second-order valence-electron chi connectivity index (χ2n) is 5.90. The molecule has 26 heavy (non-hydrogen) atoms. The van der Waals surface area contributed by atoms with Gasteiger partial charge in [-0.3, -0.25) is 4.79 Å². The Morgan fingerprint density at radius 2 is 1.73 bits per heavy atom. The molecule has 0 aromatic heterocycles. The second kappa shape index (κ2) is 9.75. The van der Waals surface area contributed by atoms with E-state index in [1.54, 1.807) is 30.0 Å². The maximum atomic E-state index is 12.4. The predicted octanol–water partition coefficient (Wildman–Crippen LogP) is 2.67. The van der Waals surface area contributed by atoms with Crippen LogP contribution in [0.2, 0.25) is 0 Å². The van der Waals surface area contributed by atoms with Crippen LogP contribution in [0.5, 0.6) is 0 Å². The van der Waals surface area contributed by atoms with Gasteiger partial charge in [0.1, 0.15) is 0 Å². The Hall–Kier alpha value is -1.83. The second-order valence-corrected chi connectivity index (χ2v) is 9.05. The fourth-order valence-corrected chi connectivity index (χ4v) is 4.42. The summed E-state index contributed by atoms with van der Waals surface area (Å²) >= 11 is 1.74. The molecule has 0 atom stereocenters. The van der Waals surface area contributed by atoms with E-state index in [9.17, 15) is 13.2 Å². The highest BCUT2D eigenvalue weighted by Crippen LogP contribution is 2.15. The molecule has 0 aliphatic heterocycles. The maximum absolute atomic E-state index is 12.4. The summed E-state index contributed by atoms with van der Waals surface area (Å²) in [6.45, 7) is 2.40. The van der Waals surface area contributed by atoms with Crippen molar-refractivity contribution in [2.45, 2.75) is 17.6 Å². The minimum atomic E-state index is -3.64. The lowest BCUT2D eigenvalue weighted by atomic mass is 10.1. The number of sulfonamides is 1. The lowest BCUT2D eigenvalue weighted by Gasteiger charge is -2.16. The fraction of sp³-hybridized carbons (Fsp3) is 0.316. The van der Waals surface area contributed by atoms with Crippen LogP contribution >= 0.6 is 11.8 Å². The van der Waals surface area contributed by atoms with Crippen LogP contribution in [0.25, 0.3) is 0 Å². The third-order valence-corrected chi connectivity index (χ3v) is 6.73. The maximum Gasteiger partial charge on any atom is 0.243 e. The summed E-state index contributed by atoms with van der Waals surface area (Å²) in [4.78, 5) is 12.2. The Balaban J connectivity index is 1.72. The van der Waals surface area contributed by atoms with Crippen molar-refractivity contribution in [2.75, 3.05) is 25.9 Å². The Kier molecular flexibility index (Phi) is 7.68. The summed E-state index contributed by atoms with van der Waals surface area (Å²) < 4.78 is 25.8. The van der Waals surface area contributed by atoms with Crippen molar-refractivity contribution in [3.63, 3.8) is 0 Å². The van der Waals surface area contributed by atoms with E-state index in [-0.39, 0.29) is 17.3 Å². The number of amides is 1. The minimum Gasteiger partial charge on any atom is -0.354 e. The quantitative estimate of drug-likeness (QED) is 0.666. The molecule has 0 unspecified atom stereocenters. The average Bonchev–Trinajstić information content (AvgIpc) is 2.63. The number of nitrogens with one attached hydrogen (secondary N) is 1. The molecule has 2 rings (SSSR count). The van der Waals surface area contributed by atoms with E-state index in [0.717, 1.165) is 15.8 Å². The number of rotatable bonds is 9. The summed E-state index contributed by atoms with van der Waals surface area (Å²) in [5.74, 6) is 1.36. The zero-order valence-electron chi connectivity index (χ0n) is 15.0. The lowest BCUT2D eigenvalue weighted by Crippen LogP contribution is -2.39. The lowest BCUT2D eigenvalue weighted by molar-refractivity contribution is -0.121. The zero-order valence-corrected chi connectivity index (χ0v) is 16.6. The van der Waals surface area contributed by atoms with E-state index < -0.39 is 10.0 Å². The van der Waals surface area contributed by atoms with E-state index in [1.165, 1.54) is 30.3 Å². The molecule has 0 saturated carbocycles. The third-order valence-electron chi connectivity index (χ3n) is 3.91. The van der Waals surface area contributed by atoms with Gasteiger partial charge < -0.3 is 5.32 Å². The first-order valence-electron chi connectivity index (χ1n) is 8.31. The summed E-state index contributed by atoms with van der Waals surface area (Å²) in [7, 11) is -2.23. The average molecular weight is 393 g/mol. The van der Waals surface area contributed by atoms with Crippen molar-refractivity contribution in [1.29, 1.82) is 0 Å². The standard InChI is InChI=1S/C19H24N2O3S2/c1-16-8-6-7-9-17(16)15-25-13-12-20-19(22)14-21(2)26(23,24)18-10-4-3-5-11-18/h3-11H,12-15H2,1-2H3,(H,20,22). The van der Waals surface area contributed by atoms with E-state index >= 15 is 0 Å². The number of carbonyl (C=O) groups is 1. The highest BCUT2D eigenvalue weighted by atomic mass is 32.2.